The summed E-state index contributed by atoms with van der Waals surface area (Å²) in [4.78, 5) is 12.2. The predicted octanol–water partition coefficient (Wildman–Crippen LogP) is 2.99. The van der Waals surface area contributed by atoms with Crippen LogP contribution in [0.25, 0.3) is 0 Å². The monoisotopic (exact) mass is 482 g/mol. The number of carbonyl (C=O) groups excluding carboxylic acids is 1. The molecule has 0 aromatic heterocycles. The largest absolute Gasteiger partial charge is 0.492 e. The quantitative estimate of drug-likeness (QED) is 0.614. The highest BCUT2D eigenvalue weighted by atomic mass is 32.2. The Morgan fingerprint density at radius 3 is 2.44 bits per heavy atom. The number of sulfonamides is 2. The van der Waals surface area contributed by atoms with E-state index in [0.717, 1.165) is 6.07 Å². The van der Waals surface area contributed by atoms with Crippen molar-refractivity contribution in [2.45, 2.75) is 38.7 Å². The van der Waals surface area contributed by atoms with E-state index in [2.05, 4.69) is 4.72 Å². The number of rotatable bonds is 8. The van der Waals surface area contributed by atoms with Gasteiger partial charge in [-0.1, -0.05) is 19.1 Å². The van der Waals surface area contributed by atoms with Crippen LogP contribution >= 0.6 is 0 Å². The molecule has 1 atom stereocenters. The van der Waals surface area contributed by atoms with Crippen molar-refractivity contribution in [1.82, 2.24) is 0 Å². The Morgan fingerprint density at radius 2 is 1.84 bits per heavy atom. The van der Waals surface area contributed by atoms with Gasteiger partial charge in [-0.25, -0.2) is 21.1 Å². The van der Waals surface area contributed by atoms with E-state index in [0.29, 0.717) is 10.1 Å². The third-order valence-electron chi connectivity index (χ3n) is 4.61. The molecule has 2 aromatic rings. The molecule has 2 aromatic carbocycles. The summed E-state index contributed by atoms with van der Waals surface area (Å²) in [6, 6.07) is 10.4. The number of ether oxygens (including phenoxy) is 2. The molecule has 1 fully saturated rings. The van der Waals surface area contributed by atoms with Crippen LogP contribution in [-0.2, 0) is 24.8 Å². The Morgan fingerprint density at radius 1 is 1.16 bits per heavy atom. The smallest absolute Gasteiger partial charge is 0.265 e. The highest BCUT2D eigenvalue weighted by Crippen LogP contribution is 2.36. The third-order valence-corrected chi connectivity index (χ3v) is 7.86. The predicted molar refractivity (Wildman–Crippen MR) is 121 cm³/mol. The van der Waals surface area contributed by atoms with Gasteiger partial charge in [0.05, 0.1) is 35.8 Å². The highest BCUT2D eigenvalue weighted by molar-refractivity contribution is 7.94. The second-order valence-electron chi connectivity index (χ2n) is 7.61. The van der Waals surface area contributed by atoms with Crippen LogP contribution in [0, 0.1) is 5.92 Å². The summed E-state index contributed by atoms with van der Waals surface area (Å²) in [5.41, 5.74) is 0.155. The van der Waals surface area contributed by atoms with Crippen molar-refractivity contribution >= 4 is 37.3 Å². The van der Waals surface area contributed by atoms with Crippen molar-refractivity contribution in [3.05, 3.63) is 42.5 Å². The molecule has 9 nitrogen and oxygen atoms in total. The fourth-order valence-corrected chi connectivity index (χ4v) is 6.35. The molecule has 1 amide bonds. The molecule has 32 heavy (non-hydrogen) atoms. The minimum absolute atomic E-state index is 0.0306. The average molecular weight is 483 g/mol. The van der Waals surface area contributed by atoms with Crippen LogP contribution in [0.2, 0.25) is 0 Å². The standard InChI is InChI=1S/C21H26N2O7S2/c1-5-29-19-11-10-16(23-21(24)15(4)13-31(23,25)26)12-20(19)32(27,28)22-17-8-6-7-9-18(17)30-14(2)3/h6-12,14-15,22H,5,13H2,1-4H3. The summed E-state index contributed by atoms with van der Waals surface area (Å²) in [5.74, 6) is -1.29. The molecule has 1 aliphatic rings. The van der Waals surface area contributed by atoms with Crippen molar-refractivity contribution in [2.75, 3.05) is 21.4 Å². The zero-order valence-corrected chi connectivity index (χ0v) is 19.9. The van der Waals surface area contributed by atoms with Crippen LogP contribution in [0.15, 0.2) is 47.4 Å². The molecule has 1 aliphatic heterocycles. The number of anilines is 2. The van der Waals surface area contributed by atoms with E-state index >= 15 is 0 Å². The first-order valence-electron chi connectivity index (χ1n) is 10.1. The van der Waals surface area contributed by atoms with Gasteiger partial charge in [0.2, 0.25) is 15.9 Å². The lowest BCUT2D eigenvalue weighted by atomic mass is 10.2. The van der Waals surface area contributed by atoms with Gasteiger partial charge < -0.3 is 9.47 Å². The lowest BCUT2D eigenvalue weighted by Gasteiger charge is -2.20. The summed E-state index contributed by atoms with van der Waals surface area (Å²) in [6.45, 7) is 7.03. The Labute approximate surface area is 188 Å². The summed E-state index contributed by atoms with van der Waals surface area (Å²) in [7, 11) is -8.13. The van der Waals surface area contributed by atoms with Crippen LogP contribution in [0.1, 0.15) is 27.7 Å². The number of amides is 1. The lowest BCUT2D eigenvalue weighted by Crippen LogP contribution is -2.30. The van der Waals surface area contributed by atoms with Gasteiger partial charge in [-0.15, -0.1) is 0 Å². The van der Waals surface area contributed by atoms with Crippen molar-refractivity contribution in [3.63, 3.8) is 0 Å². The van der Waals surface area contributed by atoms with E-state index in [1.54, 1.807) is 31.2 Å². The molecule has 0 spiro atoms. The molecular weight excluding hydrogens is 456 g/mol. The molecule has 0 radical (unpaired) electrons. The molecule has 1 N–H and O–H groups in total. The fraction of sp³-hybridized carbons (Fsp3) is 0.381. The molecular formula is C21H26N2O7S2. The summed E-state index contributed by atoms with van der Waals surface area (Å²) >= 11 is 0. The van der Waals surface area contributed by atoms with E-state index in [-0.39, 0.29) is 40.5 Å². The van der Waals surface area contributed by atoms with Crippen LogP contribution in [0.5, 0.6) is 11.5 Å². The van der Waals surface area contributed by atoms with Gasteiger partial charge in [-0.05, 0) is 51.1 Å². The second-order valence-corrected chi connectivity index (χ2v) is 11.1. The lowest BCUT2D eigenvalue weighted by molar-refractivity contribution is -0.119. The van der Waals surface area contributed by atoms with E-state index in [4.69, 9.17) is 9.47 Å². The fourth-order valence-electron chi connectivity index (χ4n) is 3.30. The molecule has 11 heteroatoms. The Hall–Kier alpha value is -2.79. The van der Waals surface area contributed by atoms with Crippen molar-refractivity contribution in [2.24, 2.45) is 5.92 Å². The number of benzene rings is 2. The van der Waals surface area contributed by atoms with Crippen molar-refractivity contribution in [3.8, 4) is 11.5 Å². The topological polar surface area (TPSA) is 119 Å². The molecule has 1 unspecified atom stereocenters. The maximum atomic E-state index is 13.3. The summed E-state index contributed by atoms with van der Waals surface area (Å²) in [5, 5.41) is 0. The first-order valence-corrected chi connectivity index (χ1v) is 13.2. The summed E-state index contributed by atoms with van der Waals surface area (Å²) < 4.78 is 65.9. The van der Waals surface area contributed by atoms with Gasteiger partial charge in [0.1, 0.15) is 16.4 Å². The minimum Gasteiger partial charge on any atom is -0.492 e. The SMILES string of the molecule is CCOc1ccc(N2C(=O)C(C)CS2(=O)=O)cc1S(=O)(=O)Nc1ccccc1OC(C)C. The molecule has 1 saturated heterocycles. The van der Waals surface area contributed by atoms with Crippen molar-refractivity contribution in [1.29, 1.82) is 0 Å². The second kappa shape index (κ2) is 8.99. The van der Waals surface area contributed by atoms with Gasteiger partial charge in [0, 0.05) is 0 Å². The van der Waals surface area contributed by atoms with E-state index in [1.807, 2.05) is 13.8 Å². The Balaban J connectivity index is 2.08. The van der Waals surface area contributed by atoms with Crippen LogP contribution in [0.4, 0.5) is 11.4 Å². The number of carbonyl (C=O) groups is 1. The molecule has 174 valence electrons. The van der Waals surface area contributed by atoms with E-state index in [1.165, 1.54) is 19.1 Å². The van der Waals surface area contributed by atoms with Gasteiger partial charge in [0.15, 0.2) is 0 Å². The Kier molecular flexibility index (Phi) is 6.70. The van der Waals surface area contributed by atoms with Crippen molar-refractivity contribution < 1.29 is 31.1 Å². The molecule has 1 heterocycles. The number of nitrogens with zero attached hydrogens (tertiary/aromatic N) is 1. The maximum Gasteiger partial charge on any atom is 0.265 e. The zero-order valence-electron chi connectivity index (χ0n) is 18.2. The van der Waals surface area contributed by atoms with Gasteiger partial charge in [0.25, 0.3) is 10.0 Å². The van der Waals surface area contributed by atoms with Crippen LogP contribution < -0.4 is 18.5 Å². The van der Waals surface area contributed by atoms with Gasteiger partial charge >= 0.3 is 0 Å². The number of hydrogen-bond donors (Lipinski definition) is 1. The molecule has 0 bridgehead atoms. The Bertz CT molecular complexity index is 1220. The average Bonchev–Trinajstić information content (AvgIpc) is 2.90. The summed E-state index contributed by atoms with van der Waals surface area (Å²) in [6.07, 6.45) is -0.184. The third kappa shape index (κ3) is 4.83. The molecule has 0 aliphatic carbocycles. The number of hydrogen-bond acceptors (Lipinski definition) is 7. The normalized spacial score (nSPS) is 18.1. The number of nitrogens with one attached hydrogen (secondary N) is 1. The zero-order chi connectivity index (χ0) is 23.7. The first kappa shape index (κ1) is 23.9. The van der Waals surface area contributed by atoms with E-state index in [9.17, 15) is 21.6 Å². The first-order chi connectivity index (χ1) is 15.0. The minimum atomic E-state index is -4.23. The van der Waals surface area contributed by atoms with Gasteiger partial charge in [-0.3, -0.25) is 9.52 Å². The number of para-hydroxylation sites is 2. The highest BCUT2D eigenvalue weighted by Gasteiger charge is 2.42. The molecule has 0 saturated carbocycles. The maximum absolute atomic E-state index is 13.3. The van der Waals surface area contributed by atoms with Crippen LogP contribution in [0.3, 0.4) is 0 Å². The van der Waals surface area contributed by atoms with Gasteiger partial charge in [-0.2, -0.15) is 0 Å². The molecule has 3 rings (SSSR count). The van der Waals surface area contributed by atoms with Crippen LogP contribution in [-0.4, -0.2) is 41.2 Å². The van der Waals surface area contributed by atoms with E-state index < -0.39 is 31.9 Å².